The first-order valence-electron chi connectivity index (χ1n) is 6.62. The van der Waals surface area contributed by atoms with Crippen LogP contribution in [0.15, 0.2) is 35.4 Å². The topological polar surface area (TPSA) is 96.3 Å². The summed E-state index contributed by atoms with van der Waals surface area (Å²) in [6, 6.07) is 5.29. The summed E-state index contributed by atoms with van der Waals surface area (Å²) >= 11 is 0. The third-order valence-electron chi connectivity index (χ3n) is 3.70. The van der Waals surface area contributed by atoms with Crippen LogP contribution in [0.4, 0.5) is 5.69 Å². The fraction of sp³-hybridized carbons (Fsp3) is 0.143. The Morgan fingerprint density at radius 3 is 2.95 bits per heavy atom. The van der Waals surface area contributed by atoms with Crippen molar-refractivity contribution in [1.29, 1.82) is 0 Å². The summed E-state index contributed by atoms with van der Waals surface area (Å²) in [4.78, 5) is 18.9. The van der Waals surface area contributed by atoms with Gasteiger partial charge >= 0.3 is 0 Å². The smallest absolute Gasteiger partial charge is 0.292 e. The second kappa shape index (κ2) is 4.20. The van der Waals surface area contributed by atoms with Gasteiger partial charge in [0.2, 0.25) is 15.7 Å². The van der Waals surface area contributed by atoms with E-state index >= 15 is 0 Å². The second-order valence-corrected chi connectivity index (χ2v) is 7.07. The summed E-state index contributed by atoms with van der Waals surface area (Å²) in [5, 5.41) is 0. The van der Waals surface area contributed by atoms with E-state index in [1.54, 1.807) is 28.9 Å². The number of H-pyrrole nitrogens is 1. The number of fused-ring (bicyclic) bond motifs is 5. The summed E-state index contributed by atoms with van der Waals surface area (Å²) in [6.07, 6.45) is 5.06. The summed E-state index contributed by atoms with van der Waals surface area (Å²) in [7, 11) is -3.32. The molecule has 1 aliphatic rings. The minimum atomic E-state index is -3.32. The Hall–Kier alpha value is -2.61. The molecule has 7 nitrogen and oxygen atoms in total. The molecule has 22 heavy (non-hydrogen) atoms. The van der Waals surface area contributed by atoms with Crippen LogP contribution in [0.1, 0.15) is 11.3 Å². The highest BCUT2D eigenvalue weighted by Gasteiger charge is 2.23. The van der Waals surface area contributed by atoms with E-state index in [-0.39, 0.29) is 5.56 Å². The molecule has 3 aromatic rings. The van der Waals surface area contributed by atoms with Crippen LogP contribution in [-0.4, -0.2) is 29.0 Å². The Morgan fingerprint density at radius 1 is 1.36 bits per heavy atom. The van der Waals surface area contributed by atoms with E-state index in [9.17, 15) is 13.2 Å². The summed E-state index contributed by atoms with van der Waals surface area (Å²) in [5.74, 6) is 0. The third kappa shape index (κ3) is 1.92. The van der Waals surface area contributed by atoms with Gasteiger partial charge in [-0.25, -0.2) is 13.4 Å². The van der Waals surface area contributed by atoms with Crippen molar-refractivity contribution in [2.45, 2.75) is 6.42 Å². The number of aromatic nitrogens is 3. The molecule has 1 aromatic carbocycles. The Bertz CT molecular complexity index is 1080. The molecule has 0 spiro atoms. The zero-order valence-electron chi connectivity index (χ0n) is 11.6. The summed E-state index contributed by atoms with van der Waals surface area (Å²) < 4.78 is 26.9. The Labute approximate surface area is 125 Å². The van der Waals surface area contributed by atoms with Gasteiger partial charge in [0.05, 0.1) is 17.6 Å². The maximum atomic E-state index is 12.0. The van der Waals surface area contributed by atoms with E-state index in [1.165, 1.54) is 0 Å². The van der Waals surface area contributed by atoms with E-state index in [0.717, 1.165) is 28.8 Å². The molecule has 0 bridgehead atoms. The van der Waals surface area contributed by atoms with E-state index in [1.807, 2.05) is 6.07 Å². The fourth-order valence-corrected chi connectivity index (χ4v) is 3.44. The molecule has 0 radical (unpaired) electrons. The number of imidazole rings is 1. The predicted molar refractivity (Wildman–Crippen MR) is 82.5 cm³/mol. The van der Waals surface area contributed by atoms with E-state index in [0.29, 0.717) is 17.8 Å². The van der Waals surface area contributed by atoms with Crippen molar-refractivity contribution in [2.75, 3.05) is 11.0 Å². The molecule has 8 heteroatoms. The van der Waals surface area contributed by atoms with Crippen molar-refractivity contribution in [3.8, 4) is 11.3 Å². The average molecular weight is 316 g/mol. The molecular weight excluding hydrogens is 304 g/mol. The molecule has 0 amide bonds. The quantitative estimate of drug-likeness (QED) is 0.576. The van der Waals surface area contributed by atoms with Crippen molar-refractivity contribution >= 4 is 21.4 Å². The second-order valence-electron chi connectivity index (χ2n) is 5.32. The SMILES string of the molecule is CS(=O)(=O)Nc1ccc2c(c1)Cc1c-2[nH]c(=O)c2nccn12. The third-order valence-corrected chi connectivity index (χ3v) is 4.30. The zero-order chi connectivity index (χ0) is 15.5. The van der Waals surface area contributed by atoms with Gasteiger partial charge in [-0.15, -0.1) is 0 Å². The molecule has 2 aromatic heterocycles. The van der Waals surface area contributed by atoms with Gasteiger partial charge in [-0.05, 0) is 17.7 Å². The van der Waals surface area contributed by atoms with Crippen LogP contribution in [0.3, 0.4) is 0 Å². The highest BCUT2D eigenvalue weighted by atomic mass is 32.2. The molecule has 0 saturated heterocycles. The lowest BCUT2D eigenvalue weighted by Crippen LogP contribution is -2.13. The molecule has 2 heterocycles. The Kier molecular flexibility index (Phi) is 2.50. The molecule has 4 rings (SSSR count). The minimum Gasteiger partial charge on any atom is -0.317 e. The number of hydrogen-bond donors (Lipinski definition) is 2. The molecular formula is C14H12N4O3S. The molecule has 0 saturated carbocycles. The van der Waals surface area contributed by atoms with Crippen LogP contribution in [0, 0.1) is 0 Å². The van der Waals surface area contributed by atoms with Crippen LogP contribution in [0.25, 0.3) is 16.9 Å². The van der Waals surface area contributed by atoms with Gasteiger partial charge in [0, 0.05) is 30.1 Å². The maximum Gasteiger partial charge on any atom is 0.292 e. The Morgan fingerprint density at radius 2 is 2.18 bits per heavy atom. The van der Waals surface area contributed by atoms with Crippen molar-refractivity contribution < 1.29 is 8.42 Å². The number of aromatic amines is 1. The van der Waals surface area contributed by atoms with Crippen LogP contribution in [0.5, 0.6) is 0 Å². The fourth-order valence-electron chi connectivity index (χ4n) is 2.89. The highest BCUT2D eigenvalue weighted by Crippen LogP contribution is 2.36. The lowest BCUT2D eigenvalue weighted by atomic mass is 10.1. The standard InChI is InChI=1S/C14H12N4O3S/c1-22(20,21)17-9-2-3-10-8(6-9)7-11-12(10)16-14(19)13-15-4-5-18(11)13/h2-6,17H,7H2,1H3,(H,16,19). The molecule has 112 valence electrons. The first-order chi connectivity index (χ1) is 10.4. The zero-order valence-corrected chi connectivity index (χ0v) is 12.4. The van der Waals surface area contributed by atoms with Gasteiger partial charge in [-0.1, -0.05) is 6.07 Å². The van der Waals surface area contributed by atoms with Gasteiger partial charge in [-0.2, -0.15) is 0 Å². The van der Waals surface area contributed by atoms with E-state index in [4.69, 9.17) is 0 Å². The average Bonchev–Trinajstić information content (AvgIpc) is 3.01. The molecule has 1 aliphatic carbocycles. The molecule has 2 N–H and O–H groups in total. The number of nitrogens with zero attached hydrogens (tertiary/aromatic N) is 2. The largest absolute Gasteiger partial charge is 0.317 e. The highest BCUT2D eigenvalue weighted by molar-refractivity contribution is 7.92. The van der Waals surface area contributed by atoms with E-state index in [2.05, 4.69) is 14.7 Å². The van der Waals surface area contributed by atoms with Gasteiger partial charge in [0.1, 0.15) is 0 Å². The number of rotatable bonds is 2. The van der Waals surface area contributed by atoms with Gasteiger partial charge in [0.25, 0.3) is 5.56 Å². The summed E-state index contributed by atoms with van der Waals surface area (Å²) in [5.41, 5.74) is 4.20. The van der Waals surface area contributed by atoms with Crippen LogP contribution < -0.4 is 10.3 Å². The number of anilines is 1. The lowest BCUT2D eigenvalue weighted by molar-refractivity contribution is 0.607. The number of nitrogens with one attached hydrogen (secondary N) is 2. The molecule has 0 atom stereocenters. The number of benzene rings is 1. The van der Waals surface area contributed by atoms with Gasteiger partial charge < -0.3 is 4.98 Å². The van der Waals surface area contributed by atoms with Crippen LogP contribution in [-0.2, 0) is 16.4 Å². The molecule has 0 aliphatic heterocycles. The maximum absolute atomic E-state index is 12.0. The van der Waals surface area contributed by atoms with Crippen molar-refractivity contribution in [3.05, 3.63) is 52.2 Å². The summed E-state index contributed by atoms with van der Waals surface area (Å²) in [6.45, 7) is 0. The van der Waals surface area contributed by atoms with E-state index < -0.39 is 10.0 Å². The first kappa shape index (κ1) is 13.1. The van der Waals surface area contributed by atoms with Crippen LogP contribution in [0.2, 0.25) is 0 Å². The monoisotopic (exact) mass is 316 g/mol. The van der Waals surface area contributed by atoms with Gasteiger partial charge in [-0.3, -0.25) is 13.9 Å². The van der Waals surface area contributed by atoms with Crippen molar-refractivity contribution in [1.82, 2.24) is 14.4 Å². The number of hydrogen-bond acceptors (Lipinski definition) is 4. The van der Waals surface area contributed by atoms with Crippen LogP contribution >= 0.6 is 0 Å². The molecule has 0 unspecified atom stereocenters. The van der Waals surface area contributed by atoms with Crippen molar-refractivity contribution in [3.63, 3.8) is 0 Å². The molecule has 0 fully saturated rings. The minimum absolute atomic E-state index is 0.241. The number of sulfonamides is 1. The Balaban J connectivity index is 1.89. The first-order valence-corrected chi connectivity index (χ1v) is 8.51. The predicted octanol–water partition coefficient (Wildman–Crippen LogP) is 0.965. The lowest BCUT2D eigenvalue weighted by Gasteiger charge is -2.06. The van der Waals surface area contributed by atoms with Crippen molar-refractivity contribution in [2.24, 2.45) is 0 Å². The van der Waals surface area contributed by atoms with Gasteiger partial charge in [0.15, 0.2) is 0 Å². The normalized spacial score (nSPS) is 13.1.